The van der Waals surface area contributed by atoms with Gasteiger partial charge in [-0.1, -0.05) is 23.7 Å². The monoisotopic (exact) mass is 247 g/mol. The number of hydrogen-bond donors (Lipinski definition) is 2. The zero-order valence-electron chi connectivity index (χ0n) is 7.91. The zero-order valence-corrected chi connectivity index (χ0v) is 9.42. The molecule has 0 bridgehead atoms. The van der Waals surface area contributed by atoms with Crippen LogP contribution < -0.4 is 5.32 Å². The molecule has 1 atom stereocenters. The van der Waals surface area contributed by atoms with Gasteiger partial charge in [-0.2, -0.15) is 0 Å². The summed E-state index contributed by atoms with van der Waals surface area (Å²) >= 11 is 11.1. The molecule has 0 heterocycles. The Bertz CT molecular complexity index is 344. The first-order valence-electron chi connectivity index (χ1n) is 4.39. The molecule has 82 valence electrons. The molecule has 0 spiro atoms. The lowest BCUT2D eigenvalue weighted by molar-refractivity contribution is -0.119. The highest BCUT2D eigenvalue weighted by atomic mass is 35.5. The Labute approximate surface area is 98.0 Å². The molecule has 0 aliphatic heterocycles. The van der Waals surface area contributed by atoms with E-state index in [1.54, 1.807) is 24.3 Å². The molecule has 1 aromatic rings. The van der Waals surface area contributed by atoms with E-state index in [4.69, 9.17) is 23.2 Å². The van der Waals surface area contributed by atoms with Crippen molar-refractivity contribution in [3.8, 4) is 0 Å². The molecule has 1 rings (SSSR count). The van der Waals surface area contributed by atoms with Gasteiger partial charge in [0.1, 0.15) is 5.88 Å². The standard InChI is InChI=1S/C10H11Cl2NO2/c11-5-10(15)13-6-9(14)7-2-1-3-8(12)4-7/h1-4,9,14H,5-6H2,(H,13,15). The maximum absolute atomic E-state index is 10.8. The summed E-state index contributed by atoms with van der Waals surface area (Å²) in [6.45, 7) is 0.131. The third kappa shape index (κ3) is 4.08. The van der Waals surface area contributed by atoms with Crippen LogP contribution in [0.15, 0.2) is 24.3 Å². The van der Waals surface area contributed by atoms with Gasteiger partial charge in [0, 0.05) is 11.6 Å². The Kier molecular flexibility index (Phi) is 4.88. The van der Waals surface area contributed by atoms with Gasteiger partial charge in [0.25, 0.3) is 0 Å². The van der Waals surface area contributed by atoms with Gasteiger partial charge < -0.3 is 10.4 Å². The van der Waals surface area contributed by atoms with E-state index in [-0.39, 0.29) is 18.3 Å². The molecule has 1 amide bonds. The average Bonchev–Trinajstić information content (AvgIpc) is 2.25. The summed E-state index contributed by atoms with van der Waals surface area (Å²) in [5, 5.41) is 12.7. The van der Waals surface area contributed by atoms with Gasteiger partial charge in [0.2, 0.25) is 5.91 Å². The van der Waals surface area contributed by atoms with Gasteiger partial charge in [-0.15, -0.1) is 11.6 Å². The molecule has 0 aliphatic rings. The van der Waals surface area contributed by atoms with Crippen LogP contribution in [-0.4, -0.2) is 23.4 Å². The molecule has 0 aliphatic carbocycles. The third-order valence-electron chi connectivity index (χ3n) is 1.85. The smallest absolute Gasteiger partial charge is 0.235 e. The lowest BCUT2D eigenvalue weighted by Crippen LogP contribution is -2.29. The van der Waals surface area contributed by atoms with Gasteiger partial charge in [0.15, 0.2) is 0 Å². The summed E-state index contributed by atoms with van der Waals surface area (Å²) in [6.07, 6.45) is -0.768. The fourth-order valence-electron chi connectivity index (χ4n) is 1.09. The molecule has 15 heavy (non-hydrogen) atoms. The molecule has 1 aromatic carbocycles. The van der Waals surface area contributed by atoms with Crippen LogP contribution >= 0.6 is 23.2 Å². The maximum Gasteiger partial charge on any atom is 0.235 e. The number of benzene rings is 1. The van der Waals surface area contributed by atoms with Crippen molar-refractivity contribution in [1.82, 2.24) is 5.32 Å². The number of carbonyl (C=O) groups excluding carboxylic acids is 1. The van der Waals surface area contributed by atoms with E-state index in [1.165, 1.54) is 0 Å². The Morgan fingerprint density at radius 1 is 1.53 bits per heavy atom. The van der Waals surface area contributed by atoms with Crippen LogP contribution in [0.2, 0.25) is 5.02 Å². The lowest BCUT2D eigenvalue weighted by atomic mass is 10.1. The minimum absolute atomic E-state index is 0.109. The Morgan fingerprint density at radius 2 is 2.27 bits per heavy atom. The average molecular weight is 248 g/mol. The van der Waals surface area contributed by atoms with Gasteiger partial charge in [-0.25, -0.2) is 0 Å². The largest absolute Gasteiger partial charge is 0.387 e. The highest BCUT2D eigenvalue weighted by Crippen LogP contribution is 2.16. The highest BCUT2D eigenvalue weighted by molar-refractivity contribution is 6.30. The number of alkyl halides is 1. The molecule has 3 nitrogen and oxygen atoms in total. The summed E-state index contributed by atoms with van der Waals surface area (Å²) < 4.78 is 0. The molecule has 0 saturated heterocycles. The van der Waals surface area contributed by atoms with E-state index in [2.05, 4.69) is 5.32 Å². The first-order chi connectivity index (χ1) is 7.13. The van der Waals surface area contributed by atoms with E-state index in [1.807, 2.05) is 0 Å². The second-order valence-electron chi connectivity index (χ2n) is 3.01. The van der Waals surface area contributed by atoms with E-state index >= 15 is 0 Å². The van der Waals surface area contributed by atoms with Gasteiger partial charge in [-0.3, -0.25) is 4.79 Å². The molecule has 2 N–H and O–H groups in total. The van der Waals surface area contributed by atoms with Crippen molar-refractivity contribution >= 4 is 29.1 Å². The van der Waals surface area contributed by atoms with Crippen molar-refractivity contribution in [2.45, 2.75) is 6.10 Å². The quantitative estimate of drug-likeness (QED) is 0.797. The number of hydrogen-bond acceptors (Lipinski definition) is 2. The minimum atomic E-state index is -0.768. The molecule has 0 fully saturated rings. The fourth-order valence-corrected chi connectivity index (χ4v) is 1.38. The molecule has 1 unspecified atom stereocenters. The highest BCUT2D eigenvalue weighted by Gasteiger charge is 2.08. The van der Waals surface area contributed by atoms with Crippen molar-refractivity contribution in [2.24, 2.45) is 0 Å². The van der Waals surface area contributed by atoms with Crippen LogP contribution in [0.25, 0.3) is 0 Å². The second kappa shape index (κ2) is 5.95. The SMILES string of the molecule is O=C(CCl)NCC(O)c1cccc(Cl)c1. The summed E-state index contributed by atoms with van der Waals surface area (Å²) in [5.41, 5.74) is 0.664. The van der Waals surface area contributed by atoms with Crippen molar-refractivity contribution in [1.29, 1.82) is 0 Å². The Hall–Kier alpha value is -0.770. The molecule has 0 radical (unpaired) electrons. The van der Waals surface area contributed by atoms with Crippen LogP contribution in [0.5, 0.6) is 0 Å². The van der Waals surface area contributed by atoms with E-state index in [0.717, 1.165) is 0 Å². The molecule has 0 saturated carbocycles. The molecule has 5 heteroatoms. The maximum atomic E-state index is 10.8. The summed E-state index contributed by atoms with van der Waals surface area (Å²) in [5.74, 6) is -0.417. The van der Waals surface area contributed by atoms with Gasteiger partial charge >= 0.3 is 0 Å². The topological polar surface area (TPSA) is 49.3 Å². The fraction of sp³-hybridized carbons (Fsp3) is 0.300. The van der Waals surface area contributed by atoms with Crippen molar-refractivity contribution in [3.05, 3.63) is 34.9 Å². The van der Waals surface area contributed by atoms with E-state index in [9.17, 15) is 9.90 Å². The minimum Gasteiger partial charge on any atom is -0.387 e. The zero-order chi connectivity index (χ0) is 11.3. The van der Waals surface area contributed by atoms with Gasteiger partial charge in [0.05, 0.1) is 6.10 Å². The summed E-state index contributed by atoms with van der Waals surface area (Å²) in [6, 6.07) is 6.85. The number of rotatable bonds is 4. The normalized spacial score (nSPS) is 12.2. The van der Waals surface area contributed by atoms with Crippen LogP contribution in [0.1, 0.15) is 11.7 Å². The molecular formula is C10H11Cl2NO2. The van der Waals surface area contributed by atoms with Gasteiger partial charge in [-0.05, 0) is 17.7 Å². The number of aliphatic hydroxyl groups is 1. The van der Waals surface area contributed by atoms with Crippen molar-refractivity contribution in [3.63, 3.8) is 0 Å². The molecule has 0 aromatic heterocycles. The van der Waals surface area contributed by atoms with Crippen molar-refractivity contribution in [2.75, 3.05) is 12.4 Å². The van der Waals surface area contributed by atoms with Crippen LogP contribution in [0.3, 0.4) is 0 Å². The Balaban J connectivity index is 2.53. The van der Waals surface area contributed by atoms with E-state index in [0.29, 0.717) is 10.6 Å². The summed E-state index contributed by atoms with van der Waals surface area (Å²) in [7, 11) is 0. The first kappa shape index (κ1) is 12.3. The second-order valence-corrected chi connectivity index (χ2v) is 3.71. The van der Waals surface area contributed by atoms with Crippen LogP contribution in [-0.2, 0) is 4.79 Å². The molecular weight excluding hydrogens is 237 g/mol. The number of halogens is 2. The predicted molar refractivity (Wildman–Crippen MR) is 60.1 cm³/mol. The van der Waals surface area contributed by atoms with Crippen LogP contribution in [0.4, 0.5) is 0 Å². The van der Waals surface area contributed by atoms with Crippen LogP contribution in [0, 0.1) is 0 Å². The first-order valence-corrected chi connectivity index (χ1v) is 5.31. The van der Waals surface area contributed by atoms with E-state index < -0.39 is 6.10 Å². The Morgan fingerprint density at radius 3 is 2.87 bits per heavy atom. The number of aliphatic hydroxyl groups excluding tert-OH is 1. The third-order valence-corrected chi connectivity index (χ3v) is 2.33. The van der Waals surface area contributed by atoms with Crippen molar-refractivity contribution < 1.29 is 9.90 Å². The predicted octanol–water partition coefficient (Wildman–Crippen LogP) is 1.73. The lowest BCUT2D eigenvalue weighted by Gasteiger charge is -2.11. The summed E-state index contributed by atoms with van der Waals surface area (Å²) in [4.78, 5) is 10.8. The number of nitrogens with one attached hydrogen (secondary N) is 1. The number of carbonyl (C=O) groups is 1. The number of amides is 1.